The molecule has 1 aliphatic rings. The molecule has 0 aliphatic carbocycles. The summed E-state index contributed by atoms with van der Waals surface area (Å²) in [6.07, 6.45) is 1.67. The van der Waals surface area contributed by atoms with Crippen molar-refractivity contribution in [2.45, 2.75) is 38.3 Å². The molecule has 19 heavy (non-hydrogen) atoms. The second-order valence-electron chi connectivity index (χ2n) is 5.34. The molecule has 1 aromatic carbocycles. The molecule has 102 valence electrons. The Morgan fingerprint density at radius 2 is 2.26 bits per heavy atom. The molecule has 0 saturated carbocycles. The lowest BCUT2D eigenvalue weighted by Gasteiger charge is -2.36. The maximum absolute atomic E-state index is 14.1. The lowest BCUT2D eigenvalue weighted by Crippen LogP contribution is -2.40. The van der Waals surface area contributed by atoms with Gasteiger partial charge in [0.1, 0.15) is 6.07 Å². The Labute approximate surface area is 120 Å². The van der Waals surface area contributed by atoms with Crippen LogP contribution in [-0.2, 0) is 4.74 Å². The second-order valence-corrected chi connectivity index (χ2v) is 6.14. The molecule has 0 amide bonds. The Bertz CT molecular complexity index is 525. The molecule has 1 atom stereocenters. The SMILES string of the molecule is CC1(C)CC(Nc2ccc(C#N)c(Br)c2F)CCO1. The Morgan fingerprint density at radius 3 is 2.89 bits per heavy atom. The topological polar surface area (TPSA) is 45.0 Å². The number of hydrogen-bond acceptors (Lipinski definition) is 3. The summed E-state index contributed by atoms with van der Waals surface area (Å²) in [5.41, 5.74) is 0.542. The van der Waals surface area contributed by atoms with Crippen LogP contribution in [0.1, 0.15) is 32.3 Å². The Morgan fingerprint density at radius 1 is 1.53 bits per heavy atom. The van der Waals surface area contributed by atoms with E-state index in [2.05, 4.69) is 21.2 Å². The number of halogens is 2. The van der Waals surface area contributed by atoms with Crippen LogP contribution in [0.15, 0.2) is 16.6 Å². The van der Waals surface area contributed by atoms with E-state index in [1.807, 2.05) is 19.9 Å². The van der Waals surface area contributed by atoms with Gasteiger partial charge in [0.15, 0.2) is 5.82 Å². The Kier molecular flexibility index (Phi) is 4.12. The zero-order chi connectivity index (χ0) is 14.0. The van der Waals surface area contributed by atoms with Crippen LogP contribution in [0.4, 0.5) is 10.1 Å². The van der Waals surface area contributed by atoms with E-state index in [1.54, 1.807) is 12.1 Å². The molecule has 5 heteroatoms. The second kappa shape index (κ2) is 5.48. The van der Waals surface area contributed by atoms with Crippen LogP contribution in [0.2, 0.25) is 0 Å². The highest BCUT2D eigenvalue weighted by Crippen LogP contribution is 2.30. The van der Waals surface area contributed by atoms with E-state index in [-0.39, 0.29) is 16.1 Å². The summed E-state index contributed by atoms with van der Waals surface area (Å²) in [6, 6.07) is 5.35. The van der Waals surface area contributed by atoms with E-state index in [0.29, 0.717) is 17.9 Å². The monoisotopic (exact) mass is 326 g/mol. The number of benzene rings is 1. The largest absolute Gasteiger partial charge is 0.380 e. The third kappa shape index (κ3) is 3.26. The molecule has 1 fully saturated rings. The fourth-order valence-electron chi connectivity index (χ4n) is 2.32. The average molecular weight is 327 g/mol. The van der Waals surface area contributed by atoms with Gasteiger partial charge in [-0.1, -0.05) is 0 Å². The van der Waals surface area contributed by atoms with Crippen molar-refractivity contribution in [1.82, 2.24) is 0 Å². The highest BCUT2D eigenvalue weighted by molar-refractivity contribution is 9.10. The Hall–Kier alpha value is -1.12. The minimum Gasteiger partial charge on any atom is -0.380 e. The van der Waals surface area contributed by atoms with Crippen molar-refractivity contribution in [1.29, 1.82) is 5.26 Å². The summed E-state index contributed by atoms with van der Waals surface area (Å²) in [6.45, 7) is 4.74. The van der Waals surface area contributed by atoms with Gasteiger partial charge in [-0.25, -0.2) is 4.39 Å². The van der Waals surface area contributed by atoms with Crippen LogP contribution in [0.3, 0.4) is 0 Å². The van der Waals surface area contributed by atoms with E-state index in [0.717, 1.165) is 12.8 Å². The van der Waals surface area contributed by atoms with Gasteiger partial charge in [-0.05, 0) is 54.8 Å². The van der Waals surface area contributed by atoms with Crippen LogP contribution in [-0.4, -0.2) is 18.2 Å². The van der Waals surface area contributed by atoms with Crippen molar-refractivity contribution in [3.05, 3.63) is 28.0 Å². The summed E-state index contributed by atoms with van der Waals surface area (Å²) < 4.78 is 20.0. The van der Waals surface area contributed by atoms with Crippen molar-refractivity contribution in [3.63, 3.8) is 0 Å². The number of anilines is 1. The number of rotatable bonds is 2. The summed E-state index contributed by atoms with van der Waals surface area (Å²) in [4.78, 5) is 0. The number of ether oxygens (including phenoxy) is 1. The van der Waals surface area contributed by atoms with Crippen LogP contribution < -0.4 is 5.32 Å². The zero-order valence-corrected chi connectivity index (χ0v) is 12.6. The first-order valence-electron chi connectivity index (χ1n) is 6.21. The lowest BCUT2D eigenvalue weighted by atomic mass is 9.94. The van der Waals surface area contributed by atoms with Gasteiger partial charge in [0.05, 0.1) is 21.3 Å². The van der Waals surface area contributed by atoms with Crippen LogP contribution >= 0.6 is 15.9 Å². The first-order valence-corrected chi connectivity index (χ1v) is 7.01. The quantitative estimate of drug-likeness (QED) is 0.898. The highest BCUT2D eigenvalue weighted by Gasteiger charge is 2.29. The lowest BCUT2D eigenvalue weighted by molar-refractivity contribution is -0.0553. The third-order valence-corrected chi connectivity index (χ3v) is 4.03. The van der Waals surface area contributed by atoms with Crippen LogP contribution in [0.25, 0.3) is 0 Å². The van der Waals surface area contributed by atoms with E-state index in [4.69, 9.17) is 10.00 Å². The maximum atomic E-state index is 14.1. The summed E-state index contributed by atoms with van der Waals surface area (Å²) >= 11 is 3.12. The van der Waals surface area contributed by atoms with Crippen molar-refractivity contribution in [3.8, 4) is 6.07 Å². The van der Waals surface area contributed by atoms with Crippen LogP contribution in [0, 0.1) is 17.1 Å². The van der Waals surface area contributed by atoms with Gasteiger partial charge in [0.2, 0.25) is 0 Å². The molecular weight excluding hydrogens is 311 g/mol. The standard InChI is InChI=1S/C14H16BrFN2O/c1-14(2)7-10(5-6-19-14)18-11-4-3-9(8-17)12(15)13(11)16/h3-4,10,18H,5-7H2,1-2H3. The summed E-state index contributed by atoms with van der Waals surface area (Å²) in [5, 5.41) is 12.0. The van der Waals surface area contributed by atoms with Crippen molar-refractivity contribution < 1.29 is 9.13 Å². The first kappa shape index (κ1) is 14.3. The smallest absolute Gasteiger partial charge is 0.161 e. The van der Waals surface area contributed by atoms with Crippen LogP contribution in [0.5, 0.6) is 0 Å². The number of nitrogens with one attached hydrogen (secondary N) is 1. The molecule has 2 rings (SSSR count). The predicted molar refractivity (Wildman–Crippen MR) is 75.5 cm³/mol. The zero-order valence-electron chi connectivity index (χ0n) is 11.0. The van der Waals surface area contributed by atoms with Crippen molar-refractivity contribution in [2.75, 3.05) is 11.9 Å². The molecule has 0 radical (unpaired) electrons. The van der Waals surface area contributed by atoms with Crippen molar-refractivity contribution >= 4 is 21.6 Å². The van der Waals surface area contributed by atoms with E-state index >= 15 is 0 Å². The molecule has 1 aromatic rings. The molecule has 0 bridgehead atoms. The van der Waals surface area contributed by atoms with E-state index < -0.39 is 5.82 Å². The fourth-order valence-corrected chi connectivity index (χ4v) is 2.76. The molecule has 3 nitrogen and oxygen atoms in total. The number of nitriles is 1. The van der Waals surface area contributed by atoms with Gasteiger partial charge in [-0.15, -0.1) is 0 Å². The van der Waals surface area contributed by atoms with E-state index in [9.17, 15) is 4.39 Å². The molecule has 1 aliphatic heterocycles. The minimum absolute atomic E-state index is 0.179. The normalized spacial score (nSPS) is 21.7. The predicted octanol–water partition coefficient (Wildman–Crippen LogP) is 3.83. The molecule has 0 spiro atoms. The van der Waals surface area contributed by atoms with Gasteiger partial charge < -0.3 is 10.1 Å². The summed E-state index contributed by atoms with van der Waals surface area (Å²) in [5.74, 6) is -0.414. The van der Waals surface area contributed by atoms with Gasteiger partial charge in [-0.2, -0.15) is 5.26 Å². The Balaban J connectivity index is 2.16. The molecular formula is C14H16BrFN2O. The first-order chi connectivity index (χ1) is 8.93. The molecule has 0 aromatic heterocycles. The fraction of sp³-hybridized carbons (Fsp3) is 0.500. The average Bonchev–Trinajstić information content (AvgIpc) is 2.34. The minimum atomic E-state index is -0.414. The van der Waals surface area contributed by atoms with Gasteiger partial charge in [0.25, 0.3) is 0 Å². The molecule has 1 heterocycles. The van der Waals surface area contributed by atoms with Gasteiger partial charge >= 0.3 is 0 Å². The summed E-state index contributed by atoms with van der Waals surface area (Å²) in [7, 11) is 0. The van der Waals surface area contributed by atoms with Gasteiger partial charge in [-0.3, -0.25) is 0 Å². The molecule has 1 unspecified atom stereocenters. The molecule has 1 N–H and O–H groups in total. The highest BCUT2D eigenvalue weighted by atomic mass is 79.9. The third-order valence-electron chi connectivity index (χ3n) is 3.26. The molecule has 1 saturated heterocycles. The van der Waals surface area contributed by atoms with Gasteiger partial charge in [0, 0.05) is 12.6 Å². The van der Waals surface area contributed by atoms with Crippen molar-refractivity contribution in [2.24, 2.45) is 0 Å². The number of hydrogen-bond donors (Lipinski definition) is 1. The number of nitrogens with zero attached hydrogens (tertiary/aromatic N) is 1. The maximum Gasteiger partial charge on any atom is 0.161 e. The van der Waals surface area contributed by atoms with E-state index in [1.165, 1.54) is 0 Å².